The molecular formula is C27H24BrClN2O3. The van der Waals surface area contributed by atoms with Gasteiger partial charge in [-0.25, -0.2) is 0 Å². The molecule has 0 atom stereocenters. The number of nitriles is 1. The van der Waals surface area contributed by atoms with Crippen molar-refractivity contribution in [3.05, 3.63) is 91.9 Å². The molecule has 1 amide bonds. The average molecular weight is 540 g/mol. The molecule has 0 saturated carbocycles. The highest BCUT2D eigenvalue weighted by molar-refractivity contribution is 9.10. The molecule has 0 fully saturated rings. The summed E-state index contributed by atoms with van der Waals surface area (Å²) in [6.45, 7) is 6.44. The topological polar surface area (TPSA) is 71.3 Å². The summed E-state index contributed by atoms with van der Waals surface area (Å²) in [4.78, 5) is 12.8. The van der Waals surface area contributed by atoms with Crippen molar-refractivity contribution in [2.24, 2.45) is 0 Å². The molecule has 0 aliphatic carbocycles. The Morgan fingerprint density at radius 3 is 2.65 bits per heavy atom. The largest absolute Gasteiger partial charge is 0.490 e. The average Bonchev–Trinajstić information content (AvgIpc) is 2.79. The Labute approximate surface area is 213 Å². The second-order valence-electron chi connectivity index (χ2n) is 7.62. The van der Waals surface area contributed by atoms with Crippen molar-refractivity contribution in [2.45, 2.75) is 27.4 Å². The molecule has 0 radical (unpaired) electrons. The number of aryl methyl sites for hydroxylation is 2. The van der Waals surface area contributed by atoms with Crippen LogP contribution in [0.4, 0.5) is 5.69 Å². The fourth-order valence-corrected chi connectivity index (χ4v) is 4.02. The number of nitrogens with zero attached hydrogens (tertiary/aromatic N) is 1. The van der Waals surface area contributed by atoms with Crippen LogP contribution in [0.3, 0.4) is 0 Å². The molecule has 34 heavy (non-hydrogen) atoms. The Kier molecular flexibility index (Phi) is 8.75. The number of hydrogen-bond donors (Lipinski definition) is 1. The van der Waals surface area contributed by atoms with E-state index in [4.69, 9.17) is 21.1 Å². The van der Waals surface area contributed by atoms with Crippen LogP contribution >= 0.6 is 27.5 Å². The van der Waals surface area contributed by atoms with Crippen LogP contribution in [0.25, 0.3) is 6.08 Å². The van der Waals surface area contributed by atoms with Gasteiger partial charge in [0.25, 0.3) is 5.91 Å². The third-order valence-corrected chi connectivity index (χ3v) is 5.75. The standard InChI is InChI=1S/C27H24BrClN2O3/c1-4-33-25-14-20(13-23(28)26(25)34-16-19-6-5-7-22(29)12-19)11-21(15-30)27(32)31-24-10-17(2)8-9-18(24)3/h5-14H,4,16H2,1-3H3,(H,31,32)/b21-11+. The molecule has 0 bridgehead atoms. The molecule has 0 saturated heterocycles. The third kappa shape index (κ3) is 6.63. The first-order chi connectivity index (χ1) is 16.3. The Morgan fingerprint density at radius 1 is 1.15 bits per heavy atom. The maximum atomic E-state index is 12.8. The molecule has 174 valence electrons. The Morgan fingerprint density at radius 2 is 1.94 bits per heavy atom. The van der Waals surface area contributed by atoms with Crippen LogP contribution in [0, 0.1) is 25.2 Å². The van der Waals surface area contributed by atoms with Gasteiger partial charge in [-0.15, -0.1) is 0 Å². The van der Waals surface area contributed by atoms with E-state index in [0.717, 1.165) is 16.7 Å². The van der Waals surface area contributed by atoms with E-state index in [-0.39, 0.29) is 5.57 Å². The van der Waals surface area contributed by atoms with E-state index in [1.54, 1.807) is 18.2 Å². The summed E-state index contributed by atoms with van der Waals surface area (Å²) in [5.41, 5.74) is 4.12. The van der Waals surface area contributed by atoms with Gasteiger partial charge in [-0.2, -0.15) is 5.26 Å². The van der Waals surface area contributed by atoms with Crippen molar-refractivity contribution >= 4 is 45.2 Å². The zero-order valence-corrected chi connectivity index (χ0v) is 21.5. The highest BCUT2D eigenvalue weighted by Gasteiger charge is 2.15. The first-order valence-electron chi connectivity index (χ1n) is 10.6. The third-order valence-electron chi connectivity index (χ3n) is 4.92. The summed E-state index contributed by atoms with van der Waals surface area (Å²) in [5, 5.41) is 13.1. The maximum absolute atomic E-state index is 12.8. The fraction of sp³-hybridized carbons (Fsp3) is 0.185. The predicted octanol–water partition coefficient (Wildman–Crippen LogP) is 7.24. The minimum absolute atomic E-state index is 0.0251. The van der Waals surface area contributed by atoms with Gasteiger partial charge in [0.15, 0.2) is 11.5 Å². The number of ether oxygens (including phenoxy) is 2. The molecule has 3 rings (SSSR count). The fourth-order valence-electron chi connectivity index (χ4n) is 3.23. The summed E-state index contributed by atoms with van der Waals surface area (Å²) in [7, 11) is 0. The maximum Gasteiger partial charge on any atom is 0.266 e. The van der Waals surface area contributed by atoms with Crippen molar-refractivity contribution in [1.82, 2.24) is 0 Å². The Balaban J connectivity index is 1.86. The summed E-state index contributed by atoms with van der Waals surface area (Å²) in [5.74, 6) is 0.543. The van der Waals surface area contributed by atoms with E-state index >= 15 is 0 Å². The summed E-state index contributed by atoms with van der Waals surface area (Å²) in [6.07, 6.45) is 1.52. The molecule has 0 heterocycles. The number of nitrogens with one attached hydrogen (secondary N) is 1. The number of halogens is 2. The second-order valence-corrected chi connectivity index (χ2v) is 8.91. The van der Waals surface area contributed by atoms with Gasteiger partial charge in [-0.1, -0.05) is 35.9 Å². The van der Waals surface area contributed by atoms with Crippen molar-refractivity contribution < 1.29 is 14.3 Å². The highest BCUT2D eigenvalue weighted by Crippen LogP contribution is 2.38. The predicted molar refractivity (Wildman–Crippen MR) is 139 cm³/mol. The van der Waals surface area contributed by atoms with Crippen LogP contribution in [0.2, 0.25) is 5.02 Å². The number of benzene rings is 3. The zero-order chi connectivity index (χ0) is 24.7. The van der Waals surface area contributed by atoms with E-state index in [1.165, 1.54) is 6.08 Å². The van der Waals surface area contributed by atoms with Crippen LogP contribution < -0.4 is 14.8 Å². The lowest BCUT2D eigenvalue weighted by molar-refractivity contribution is -0.112. The molecule has 0 aliphatic rings. The van der Waals surface area contributed by atoms with Gasteiger partial charge in [0.2, 0.25) is 0 Å². The van der Waals surface area contributed by atoms with Crippen LogP contribution in [0.15, 0.2) is 64.6 Å². The molecule has 7 heteroatoms. The normalized spacial score (nSPS) is 11.0. The number of amides is 1. The molecule has 0 unspecified atom stereocenters. The second kappa shape index (κ2) is 11.7. The molecule has 1 N–H and O–H groups in total. The Hall–Kier alpha value is -3.27. The quantitative estimate of drug-likeness (QED) is 0.242. The lowest BCUT2D eigenvalue weighted by Crippen LogP contribution is -2.14. The van der Waals surface area contributed by atoms with Gasteiger partial charge < -0.3 is 14.8 Å². The lowest BCUT2D eigenvalue weighted by atomic mass is 10.1. The number of rotatable bonds is 8. The molecule has 5 nitrogen and oxygen atoms in total. The van der Waals surface area contributed by atoms with Gasteiger partial charge in [-0.3, -0.25) is 4.79 Å². The van der Waals surface area contributed by atoms with E-state index in [0.29, 0.717) is 45.5 Å². The van der Waals surface area contributed by atoms with Crippen LogP contribution in [-0.2, 0) is 11.4 Å². The van der Waals surface area contributed by atoms with Crippen LogP contribution in [-0.4, -0.2) is 12.5 Å². The van der Waals surface area contributed by atoms with E-state index in [1.807, 2.05) is 63.2 Å². The minimum Gasteiger partial charge on any atom is -0.490 e. The van der Waals surface area contributed by atoms with Crippen molar-refractivity contribution in [1.29, 1.82) is 5.26 Å². The minimum atomic E-state index is -0.480. The summed E-state index contributed by atoms with van der Waals surface area (Å²) in [6, 6.07) is 18.7. The molecule has 0 spiro atoms. The van der Waals surface area contributed by atoms with Gasteiger partial charge in [0, 0.05) is 10.7 Å². The van der Waals surface area contributed by atoms with Gasteiger partial charge in [-0.05, 0) is 95.4 Å². The number of hydrogen-bond acceptors (Lipinski definition) is 4. The monoisotopic (exact) mass is 538 g/mol. The summed E-state index contributed by atoms with van der Waals surface area (Å²) >= 11 is 9.59. The number of carbonyl (C=O) groups excluding carboxylic acids is 1. The first-order valence-corrected chi connectivity index (χ1v) is 11.8. The summed E-state index contributed by atoms with van der Waals surface area (Å²) < 4.78 is 12.4. The molecule has 3 aromatic carbocycles. The zero-order valence-electron chi connectivity index (χ0n) is 19.1. The van der Waals surface area contributed by atoms with Gasteiger partial charge in [0.05, 0.1) is 11.1 Å². The van der Waals surface area contributed by atoms with E-state index < -0.39 is 5.91 Å². The number of anilines is 1. The lowest BCUT2D eigenvalue weighted by Gasteiger charge is -2.15. The molecule has 0 aromatic heterocycles. The molecular weight excluding hydrogens is 516 g/mol. The highest BCUT2D eigenvalue weighted by atomic mass is 79.9. The smallest absolute Gasteiger partial charge is 0.266 e. The van der Waals surface area contributed by atoms with E-state index in [2.05, 4.69) is 21.2 Å². The van der Waals surface area contributed by atoms with Crippen molar-refractivity contribution in [3.8, 4) is 17.6 Å². The molecule has 3 aromatic rings. The van der Waals surface area contributed by atoms with Crippen molar-refractivity contribution in [3.63, 3.8) is 0 Å². The van der Waals surface area contributed by atoms with Gasteiger partial charge >= 0.3 is 0 Å². The Bertz CT molecular complexity index is 1280. The van der Waals surface area contributed by atoms with Crippen molar-refractivity contribution in [2.75, 3.05) is 11.9 Å². The number of carbonyl (C=O) groups is 1. The van der Waals surface area contributed by atoms with Crippen LogP contribution in [0.5, 0.6) is 11.5 Å². The van der Waals surface area contributed by atoms with Crippen LogP contribution in [0.1, 0.15) is 29.2 Å². The van der Waals surface area contributed by atoms with Gasteiger partial charge in [0.1, 0.15) is 18.2 Å². The first kappa shape index (κ1) is 25.4. The van der Waals surface area contributed by atoms with E-state index in [9.17, 15) is 10.1 Å². The molecule has 0 aliphatic heterocycles. The SMILES string of the molecule is CCOc1cc(/C=C(\C#N)C(=O)Nc2cc(C)ccc2C)cc(Br)c1OCc1cccc(Cl)c1.